The normalized spacial score (nSPS) is 21.3. The summed E-state index contributed by atoms with van der Waals surface area (Å²) in [5.74, 6) is 0.440. The number of aliphatic hydroxyl groups is 1. The van der Waals surface area contributed by atoms with Gasteiger partial charge >= 0.3 is 5.97 Å². The number of anilines is 2. The molecule has 1 aromatic rings. The maximum atomic E-state index is 11.7. The second-order valence-corrected chi connectivity index (χ2v) is 5.76. The molecule has 0 saturated heterocycles. The van der Waals surface area contributed by atoms with Crippen molar-refractivity contribution in [1.82, 2.24) is 0 Å². The van der Waals surface area contributed by atoms with Gasteiger partial charge in [0.15, 0.2) is 0 Å². The third-order valence-corrected chi connectivity index (χ3v) is 4.41. The molecule has 1 aliphatic rings. The van der Waals surface area contributed by atoms with E-state index in [1.807, 2.05) is 13.0 Å². The van der Waals surface area contributed by atoms with Gasteiger partial charge in [0.1, 0.15) is 0 Å². The molecule has 2 unspecified atom stereocenters. The summed E-state index contributed by atoms with van der Waals surface area (Å²) in [5, 5.41) is 12.7. The Kier molecular flexibility index (Phi) is 5.07. The molecule has 0 aromatic heterocycles. The molecule has 1 aliphatic carbocycles. The molecule has 0 aliphatic heterocycles. The van der Waals surface area contributed by atoms with Crippen molar-refractivity contribution in [1.29, 1.82) is 0 Å². The molecule has 1 aromatic carbocycles. The van der Waals surface area contributed by atoms with Gasteiger partial charge in [0.25, 0.3) is 0 Å². The molecule has 21 heavy (non-hydrogen) atoms. The Morgan fingerprint density at radius 1 is 1.43 bits per heavy atom. The zero-order valence-corrected chi connectivity index (χ0v) is 12.7. The minimum atomic E-state index is -0.423. The van der Waals surface area contributed by atoms with Crippen molar-refractivity contribution in [2.45, 2.75) is 26.2 Å². The van der Waals surface area contributed by atoms with E-state index in [1.54, 1.807) is 6.07 Å². The quantitative estimate of drug-likeness (QED) is 0.572. The third-order valence-electron chi connectivity index (χ3n) is 4.41. The van der Waals surface area contributed by atoms with Crippen LogP contribution in [0.25, 0.3) is 0 Å². The average Bonchev–Trinajstić information content (AvgIpc) is 2.95. The molecule has 4 N–H and O–H groups in total. The molecule has 0 heterocycles. The topological polar surface area (TPSA) is 84.6 Å². The molecule has 116 valence electrons. The van der Waals surface area contributed by atoms with Crippen LogP contribution in [0.2, 0.25) is 0 Å². The van der Waals surface area contributed by atoms with Crippen LogP contribution in [0.15, 0.2) is 12.1 Å². The Balaban J connectivity index is 2.10. The summed E-state index contributed by atoms with van der Waals surface area (Å²) in [7, 11) is 1.35. The lowest BCUT2D eigenvalue weighted by Gasteiger charge is -2.19. The van der Waals surface area contributed by atoms with Crippen LogP contribution in [0.1, 0.15) is 35.2 Å². The number of carbonyl (C=O) groups excluding carboxylic acids is 1. The maximum absolute atomic E-state index is 11.7. The van der Waals surface area contributed by atoms with E-state index in [0.29, 0.717) is 23.1 Å². The fourth-order valence-electron chi connectivity index (χ4n) is 3.05. The second kappa shape index (κ2) is 6.80. The lowest BCUT2D eigenvalue weighted by atomic mass is 9.97. The molecule has 5 heteroatoms. The van der Waals surface area contributed by atoms with Crippen LogP contribution in [0.4, 0.5) is 11.4 Å². The Labute approximate surface area is 125 Å². The zero-order valence-electron chi connectivity index (χ0n) is 12.7. The Hall–Kier alpha value is -1.75. The van der Waals surface area contributed by atoms with Gasteiger partial charge in [0, 0.05) is 24.5 Å². The number of hydrogen-bond donors (Lipinski definition) is 3. The highest BCUT2D eigenvalue weighted by molar-refractivity contribution is 5.97. The van der Waals surface area contributed by atoms with Crippen molar-refractivity contribution in [3.63, 3.8) is 0 Å². The van der Waals surface area contributed by atoms with Gasteiger partial charge in [-0.05, 0) is 49.3 Å². The number of carbonyl (C=O) groups is 1. The highest BCUT2D eigenvalue weighted by atomic mass is 16.5. The largest absolute Gasteiger partial charge is 0.465 e. The van der Waals surface area contributed by atoms with Gasteiger partial charge in [-0.3, -0.25) is 0 Å². The molecular formula is C16H24N2O3. The van der Waals surface area contributed by atoms with Crippen molar-refractivity contribution < 1.29 is 14.6 Å². The number of hydrogen-bond acceptors (Lipinski definition) is 5. The van der Waals surface area contributed by atoms with Gasteiger partial charge < -0.3 is 20.9 Å². The van der Waals surface area contributed by atoms with Crippen LogP contribution in [-0.2, 0) is 4.74 Å². The van der Waals surface area contributed by atoms with E-state index in [2.05, 4.69) is 5.32 Å². The first kappa shape index (κ1) is 15.6. The fourth-order valence-corrected chi connectivity index (χ4v) is 3.05. The first-order valence-electron chi connectivity index (χ1n) is 7.40. The molecule has 0 spiro atoms. The van der Waals surface area contributed by atoms with E-state index in [-0.39, 0.29) is 6.61 Å². The van der Waals surface area contributed by atoms with E-state index in [1.165, 1.54) is 13.5 Å². The number of ether oxygens (including phenoxy) is 1. The molecule has 1 fully saturated rings. The number of nitrogens with one attached hydrogen (secondary N) is 1. The van der Waals surface area contributed by atoms with Crippen LogP contribution in [0.3, 0.4) is 0 Å². The van der Waals surface area contributed by atoms with Crippen LogP contribution in [-0.4, -0.2) is 31.3 Å². The van der Waals surface area contributed by atoms with E-state index < -0.39 is 5.97 Å². The van der Waals surface area contributed by atoms with Crippen molar-refractivity contribution in [2.24, 2.45) is 11.8 Å². The van der Waals surface area contributed by atoms with Crippen LogP contribution in [0, 0.1) is 18.8 Å². The average molecular weight is 292 g/mol. The molecule has 2 rings (SSSR count). The maximum Gasteiger partial charge on any atom is 0.340 e. The summed E-state index contributed by atoms with van der Waals surface area (Å²) in [6.07, 6.45) is 3.40. The van der Waals surface area contributed by atoms with Crippen molar-refractivity contribution in [3.8, 4) is 0 Å². The van der Waals surface area contributed by atoms with E-state index in [4.69, 9.17) is 10.5 Å². The third kappa shape index (κ3) is 3.47. The standard InChI is InChI=1S/C16H24N2O3/c1-10-6-13(7-14(15(10)17)16(20)21-2)18-8-11-4-3-5-12(11)9-19/h6-7,11-12,18-19H,3-5,8-9,17H2,1-2H3. The van der Waals surface area contributed by atoms with Crippen LogP contribution >= 0.6 is 0 Å². The number of aliphatic hydroxyl groups excluding tert-OH is 1. The predicted octanol–water partition coefficient (Wildman–Crippen LogP) is 2.18. The summed E-state index contributed by atoms with van der Waals surface area (Å²) in [4.78, 5) is 11.7. The second-order valence-electron chi connectivity index (χ2n) is 5.76. The van der Waals surface area contributed by atoms with E-state index in [9.17, 15) is 9.90 Å². The smallest absolute Gasteiger partial charge is 0.340 e. The molecule has 2 atom stereocenters. The lowest BCUT2D eigenvalue weighted by molar-refractivity contribution is 0.0602. The minimum absolute atomic E-state index is 0.251. The van der Waals surface area contributed by atoms with Gasteiger partial charge in [-0.15, -0.1) is 0 Å². The Bertz CT molecular complexity index is 516. The first-order chi connectivity index (χ1) is 10.1. The number of methoxy groups -OCH3 is 1. The molecule has 0 amide bonds. The van der Waals surface area contributed by atoms with E-state index in [0.717, 1.165) is 30.6 Å². The van der Waals surface area contributed by atoms with Crippen molar-refractivity contribution in [2.75, 3.05) is 31.3 Å². The van der Waals surface area contributed by atoms with Gasteiger partial charge in [-0.25, -0.2) is 4.79 Å². The number of aryl methyl sites for hydroxylation is 1. The van der Waals surface area contributed by atoms with Crippen molar-refractivity contribution in [3.05, 3.63) is 23.3 Å². The number of nitrogens with two attached hydrogens (primary N) is 1. The monoisotopic (exact) mass is 292 g/mol. The van der Waals surface area contributed by atoms with Gasteiger partial charge in [0.05, 0.1) is 12.7 Å². The van der Waals surface area contributed by atoms with Crippen LogP contribution < -0.4 is 11.1 Å². The Morgan fingerprint density at radius 2 is 2.14 bits per heavy atom. The van der Waals surface area contributed by atoms with Gasteiger partial charge in [0.2, 0.25) is 0 Å². The van der Waals surface area contributed by atoms with Gasteiger partial charge in [-0.1, -0.05) is 6.42 Å². The fraction of sp³-hybridized carbons (Fsp3) is 0.562. The lowest BCUT2D eigenvalue weighted by Crippen LogP contribution is -2.21. The molecule has 5 nitrogen and oxygen atoms in total. The number of benzene rings is 1. The SMILES string of the molecule is COC(=O)c1cc(NCC2CCCC2CO)cc(C)c1N. The highest BCUT2D eigenvalue weighted by Gasteiger charge is 2.26. The first-order valence-corrected chi connectivity index (χ1v) is 7.40. The van der Waals surface area contributed by atoms with Crippen molar-refractivity contribution >= 4 is 17.3 Å². The summed E-state index contributed by atoms with van der Waals surface area (Å²) in [6.45, 7) is 2.93. The number of nitrogen functional groups attached to an aromatic ring is 1. The molecule has 0 bridgehead atoms. The number of rotatable bonds is 5. The zero-order chi connectivity index (χ0) is 15.4. The van der Waals surface area contributed by atoms with Gasteiger partial charge in [-0.2, -0.15) is 0 Å². The minimum Gasteiger partial charge on any atom is -0.465 e. The highest BCUT2D eigenvalue weighted by Crippen LogP contribution is 2.32. The summed E-state index contributed by atoms with van der Waals surface area (Å²) in [6, 6.07) is 3.67. The summed E-state index contributed by atoms with van der Waals surface area (Å²) < 4.78 is 4.76. The molecular weight excluding hydrogens is 268 g/mol. The summed E-state index contributed by atoms with van der Waals surface area (Å²) >= 11 is 0. The van der Waals surface area contributed by atoms with E-state index >= 15 is 0 Å². The number of esters is 1. The predicted molar refractivity (Wildman–Crippen MR) is 83.3 cm³/mol. The molecule has 1 saturated carbocycles. The van der Waals surface area contributed by atoms with Crippen LogP contribution in [0.5, 0.6) is 0 Å². The summed E-state index contributed by atoms with van der Waals surface area (Å²) in [5.41, 5.74) is 8.50. The Morgan fingerprint density at radius 3 is 2.81 bits per heavy atom. The molecule has 0 radical (unpaired) electrons.